The van der Waals surface area contributed by atoms with Crippen molar-refractivity contribution in [1.82, 2.24) is 9.47 Å². The standard InChI is InChI=1S/C29H35N5O2/c1-3-12-33(13-4-2)28(35)24-17-23-7-6-21(18-26(23)32-27(31)19-24)20-8-9-25-22(16-20)10-15-34(29(25)36)14-5-11-30/h6-10,15-18H,3-5,11-14,19,30H2,1-2H3,(H2,31,32). The molecule has 0 unspecified atom stereocenters. The van der Waals surface area contributed by atoms with Gasteiger partial charge >= 0.3 is 0 Å². The van der Waals surface area contributed by atoms with Crippen molar-refractivity contribution in [1.29, 1.82) is 0 Å². The van der Waals surface area contributed by atoms with E-state index in [1.807, 2.05) is 59.6 Å². The van der Waals surface area contributed by atoms with Gasteiger partial charge in [0.15, 0.2) is 0 Å². The minimum absolute atomic E-state index is 0.00525. The Hall–Kier alpha value is -3.71. The Kier molecular flexibility index (Phi) is 8.00. The van der Waals surface area contributed by atoms with E-state index in [9.17, 15) is 9.59 Å². The van der Waals surface area contributed by atoms with Crippen molar-refractivity contribution in [3.63, 3.8) is 0 Å². The number of amides is 1. The van der Waals surface area contributed by atoms with Crippen LogP contribution in [0.3, 0.4) is 0 Å². The van der Waals surface area contributed by atoms with E-state index in [1.165, 1.54) is 0 Å². The number of aryl methyl sites for hydroxylation is 1. The number of nitrogens with zero attached hydrogens (tertiary/aromatic N) is 3. The lowest BCUT2D eigenvalue weighted by Gasteiger charge is -2.22. The number of aliphatic imine (C=N–C) groups is 1. The summed E-state index contributed by atoms with van der Waals surface area (Å²) in [6.07, 6.45) is 6.67. The van der Waals surface area contributed by atoms with Crippen LogP contribution in [0, 0.1) is 0 Å². The average molecular weight is 486 g/mol. The second-order valence-corrected chi connectivity index (χ2v) is 9.27. The second kappa shape index (κ2) is 11.4. The molecule has 0 aliphatic carbocycles. The Bertz CT molecular complexity index is 1380. The molecule has 1 aromatic heterocycles. The Morgan fingerprint density at radius 2 is 1.78 bits per heavy atom. The Labute approximate surface area is 212 Å². The van der Waals surface area contributed by atoms with Crippen molar-refractivity contribution < 1.29 is 4.79 Å². The van der Waals surface area contributed by atoms with Crippen LogP contribution in [0.1, 0.15) is 45.1 Å². The SMILES string of the molecule is CCCN(CCC)C(=O)C1=Cc2ccc(-c3ccc4c(=O)n(CCCN)ccc4c3)cc2N=C(N)C1. The van der Waals surface area contributed by atoms with Crippen LogP contribution in [0.15, 0.2) is 64.0 Å². The van der Waals surface area contributed by atoms with Crippen molar-refractivity contribution in [2.45, 2.75) is 46.1 Å². The first kappa shape index (κ1) is 25.4. The molecule has 4 rings (SSSR count). The number of hydrogen-bond acceptors (Lipinski definition) is 5. The van der Waals surface area contributed by atoms with Crippen molar-refractivity contribution in [3.05, 3.63) is 70.2 Å². The van der Waals surface area contributed by atoms with Gasteiger partial charge in [0.25, 0.3) is 5.56 Å². The van der Waals surface area contributed by atoms with Gasteiger partial charge in [0.1, 0.15) is 5.84 Å². The van der Waals surface area contributed by atoms with Crippen LogP contribution in [-0.2, 0) is 11.3 Å². The van der Waals surface area contributed by atoms with Crippen LogP contribution in [-0.4, -0.2) is 40.8 Å². The monoisotopic (exact) mass is 485 g/mol. The summed E-state index contributed by atoms with van der Waals surface area (Å²) in [6.45, 7) is 6.78. The molecule has 0 fully saturated rings. The lowest BCUT2D eigenvalue weighted by Crippen LogP contribution is -2.34. The molecule has 0 atom stereocenters. The Morgan fingerprint density at radius 1 is 1.06 bits per heavy atom. The van der Waals surface area contributed by atoms with E-state index in [2.05, 4.69) is 18.8 Å². The number of pyridine rings is 1. The van der Waals surface area contributed by atoms with Crippen LogP contribution in [0.2, 0.25) is 0 Å². The molecule has 1 aliphatic rings. The summed E-state index contributed by atoms with van der Waals surface area (Å²) in [6, 6.07) is 13.8. The van der Waals surface area contributed by atoms with E-state index < -0.39 is 0 Å². The molecule has 1 aliphatic heterocycles. The van der Waals surface area contributed by atoms with Crippen LogP contribution in [0.4, 0.5) is 5.69 Å². The molecule has 3 aromatic rings. The number of hydrogen-bond donors (Lipinski definition) is 2. The van der Waals surface area contributed by atoms with E-state index >= 15 is 0 Å². The molecule has 7 nitrogen and oxygen atoms in total. The van der Waals surface area contributed by atoms with Crippen LogP contribution >= 0.6 is 0 Å². The maximum atomic E-state index is 13.2. The highest BCUT2D eigenvalue weighted by Gasteiger charge is 2.21. The van der Waals surface area contributed by atoms with Crippen LogP contribution < -0.4 is 17.0 Å². The minimum atomic E-state index is -0.00525. The molecular formula is C29H35N5O2. The zero-order valence-electron chi connectivity index (χ0n) is 21.2. The van der Waals surface area contributed by atoms with Gasteiger partial charge in [-0.05, 0) is 72.7 Å². The number of benzene rings is 2. The average Bonchev–Trinajstić information content (AvgIpc) is 3.05. The lowest BCUT2D eigenvalue weighted by molar-refractivity contribution is -0.127. The highest BCUT2D eigenvalue weighted by Crippen LogP contribution is 2.33. The summed E-state index contributed by atoms with van der Waals surface area (Å²) in [5.41, 5.74) is 16.1. The summed E-state index contributed by atoms with van der Waals surface area (Å²) >= 11 is 0. The maximum Gasteiger partial charge on any atom is 0.258 e. The fourth-order valence-electron chi connectivity index (χ4n) is 4.67. The largest absolute Gasteiger partial charge is 0.387 e. The zero-order valence-corrected chi connectivity index (χ0v) is 21.2. The number of carbonyl (C=O) groups excluding carboxylic acids is 1. The van der Waals surface area contributed by atoms with Crippen LogP contribution in [0.25, 0.3) is 28.0 Å². The summed E-state index contributed by atoms with van der Waals surface area (Å²) in [5.74, 6) is 0.454. The van der Waals surface area contributed by atoms with E-state index in [0.29, 0.717) is 36.3 Å². The predicted octanol–water partition coefficient (Wildman–Crippen LogP) is 4.44. The summed E-state index contributed by atoms with van der Waals surface area (Å²) in [4.78, 5) is 32.6. The molecule has 0 bridgehead atoms. The quantitative estimate of drug-likeness (QED) is 0.467. The van der Waals surface area contributed by atoms with Crippen molar-refractivity contribution in [3.8, 4) is 11.1 Å². The molecule has 0 saturated heterocycles. The maximum absolute atomic E-state index is 13.2. The van der Waals surface area contributed by atoms with Gasteiger partial charge in [0, 0.05) is 48.8 Å². The van der Waals surface area contributed by atoms with Gasteiger partial charge in [-0.15, -0.1) is 0 Å². The van der Waals surface area contributed by atoms with E-state index in [0.717, 1.165) is 60.1 Å². The Balaban J connectivity index is 1.68. The highest BCUT2D eigenvalue weighted by atomic mass is 16.2. The normalized spacial score (nSPS) is 13.1. The number of amidine groups is 1. The molecule has 36 heavy (non-hydrogen) atoms. The predicted molar refractivity (Wildman–Crippen MR) is 148 cm³/mol. The highest BCUT2D eigenvalue weighted by molar-refractivity contribution is 6.05. The van der Waals surface area contributed by atoms with Gasteiger partial charge in [-0.1, -0.05) is 32.0 Å². The zero-order chi connectivity index (χ0) is 25.7. The minimum Gasteiger partial charge on any atom is -0.387 e. The first-order valence-corrected chi connectivity index (χ1v) is 12.8. The van der Waals surface area contributed by atoms with Crippen molar-refractivity contribution >= 4 is 34.3 Å². The third-order valence-electron chi connectivity index (χ3n) is 6.46. The van der Waals surface area contributed by atoms with Gasteiger partial charge < -0.3 is 20.9 Å². The molecular weight excluding hydrogens is 450 g/mol. The molecule has 4 N–H and O–H groups in total. The lowest BCUT2D eigenvalue weighted by atomic mass is 9.99. The first-order chi connectivity index (χ1) is 17.4. The van der Waals surface area contributed by atoms with E-state index in [-0.39, 0.29) is 11.5 Å². The fourth-order valence-corrected chi connectivity index (χ4v) is 4.67. The molecule has 0 radical (unpaired) electrons. The fraction of sp³-hybridized carbons (Fsp3) is 0.345. The van der Waals surface area contributed by atoms with Crippen molar-refractivity contribution in [2.24, 2.45) is 16.5 Å². The molecule has 7 heteroatoms. The number of carbonyl (C=O) groups is 1. The molecule has 1 amide bonds. The number of nitrogens with two attached hydrogens (primary N) is 2. The molecule has 188 valence electrons. The van der Waals surface area contributed by atoms with Crippen molar-refractivity contribution in [2.75, 3.05) is 19.6 Å². The number of aromatic nitrogens is 1. The number of fused-ring (bicyclic) bond motifs is 2. The summed E-state index contributed by atoms with van der Waals surface area (Å²) in [5, 5.41) is 1.57. The second-order valence-electron chi connectivity index (χ2n) is 9.27. The van der Waals surface area contributed by atoms with E-state index in [4.69, 9.17) is 11.5 Å². The van der Waals surface area contributed by atoms with Gasteiger partial charge in [-0.25, -0.2) is 4.99 Å². The van der Waals surface area contributed by atoms with Gasteiger partial charge in [0.2, 0.25) is 5.91 Å². The third-order valence-corrected chi connectivity index (χ3v) is 6.46. The Morgan fingerprint density at radius 3 is 2.50 bits per heavy atom. The molecule has 2 heterocycles. The summed E-state index contributed by atoms with van der Waals surface area (Å²) in [7, 11) is 0. The van der Waals surface area contributed by atoms with Gasteiger partial charge in [-0.3, -0.25) is 9.59 Å². The summed E-state index contributed by atoms with van der Waals surface area (Å²) < 4.78 is 1.71. The van der Waals surface area contributed by atoms with Gasteiger partial charge in [0.05, 0.1) is 5.69 Å². The van der Waals surface area contributed by atoms with Crippen LogP contribution in [0.5, 0.6) is 0 Å². The first-order valence-electron chi connectivity index (χ1n) is 12.8. The molecule has 0 saturated carbocycles. The van der Waals surface area contributed by atoms with Gasteiger partial charge in [-0.2, -0.15) is 0 Å². The van der Waals surface area contributed by atoms with E-state index in [1.54, 1.807) is 4.57 Å². The molecule has 0 spiro atoms. The number of rotatable bonds is 9. The topological polar surface area (TPSA) is 107 Å². The molecule has 2 aromatic carbocycles. The smallest absolute Gasteiger partial charge is 0.258 e. The third kappa shape index (κ3) is 5.41.